The van der Waals surface area contributed by atoms with Crippen LogP contribution in [0.25, 0.3) is 0 Å². The van der Waals surface area contributed by atoms with Gasteiger partial charge in [0.15, 0.2) is 0 Å². The van der Waals surface area contributed by atoms with Crippen molar-refractivity contribution in [3.05, 3.63) is 46.5 Å². The summed E-state index contributed by atoms with van der Waals surface area (Å²) in [6.45, 7) is 27.5. The molecule has 0 atom stereocenters. The first-order valence-electron chi connectivity index (χ1n) is 14.7. The summed E-state index contributed by atoms with van der Waals surface area (Å²) in [6.07, 6.45) is 10.4. The maximum Gasteiger partial charge on any atom is 4.00 e. The predicted molar refractivity (Wildman–Crippen MR) is 172 cm³/mol. The molecule has 0 unspecified atom stereocenters. The van der Waals surface area contributed by atoms with E-state index in [0.717, 1.165) is 21.0 Å². The Balaban J connectivity index is 0. The van der Waals surface area contributed by atoms with Crippen LogP contribution in [0.5, 0.6) is 11.5 Å². The molecule has 0 aromatic heterocycles. The monoisotopic (exact) mass is 717 g/mol. The molecule has 0 spiro atoms. The molecule has 8 heteroatoms. The first kappa shape index (κ1) is 42.5. The van der Waals surface area contributed by atoms with E-state index in [1.165, 1.54) is 73.6 Å². The van der Waals surface area contributed by atoms with Crippen molar-refractivity contribution in [3.8, 4) is 11.5 Å². The van der Waals surface area contributed by atoms with Crippen LogP contribution in [0.15, 0.2) is 24.3 Å². The zero-order valence-electron chi connectivity index (χ0n) is 27.6. The molecule has 0 heterocycles. The van der Waals surface area contributed by atoms with Crippen LogP contribution in [0, 0.1) is 0 Å². The van der Waals surface area contributed by atoms with Crippen LogP contribution in [0.1, 0.15) is 89.5 Å². The Morgan fingerprint density at radius 3 is 1.15 bits per heavy atom. The van der Waals surface area contributed by atoms with Crippen molar-refractivity contribution in [2.75, 3.05) is 0 Å². The van der Waals surface area contributed by atoms with Gasteiger partial charge in [-0.2, -0.15) is 34.4 Å². The summed E-state index contributed by atoms with van der Waals surface area (Å²) in [5.74, 6) is 2.26. The van der Waals surface area contributed by atoms with Gasteiger partial charge in [-0.15, -0.1) is 12.1 Å². The fourth-order valence-electron chi connectivity index (χ4n) is 4.35. The molecule has 0 bridgehead atoms. The molecule has 0 aliphatic heterocycles. The van der Waals surface area contributed by atoms with Gasteiger partial charge < -0.3 is 33.7 Å². The standard InChI is InChI=1S/2C15H25OSi.C2H7Si.2ClH.Zr/c2*1-15(2,3)17(4,5)16-14-10-12-8-6-7-9-13(12)11-14;1-3-2;;;/h2*10-11H,6-9H2,1-5H3;3H,1-2H3;2*1H;/q2*-1;;;;+4/p-2. The van der Waals surface area contributed by atoms with Gasteiger partial charge in [0, 0.05) is 9.52 Å². The van der Waals surface area contributed by atoms with E-state index in [1.807, 2.05) is 0 Å². The van der Waals surface area contributed by atoms with E-state index in [4.69, 9.17) is 8.85 Å². The average molecular weight is 720 g/mol. The van der Waals surface area contributed by atoms with E-state index in [-0.39, 0.29) is 61.1 Å². The maximum atomic E-state index is 6.36. The summed E-state index contributed by atoms with van der Waals surface area (Å²) in [6, 6.07) is 9.15. The summed E-state index contributed by atoms with van der Waals surface area (Å²) >= 11 is 0. The summed E-state index contributed by atoms with van der Waals surface area (Å²) in [7, 11) is -2.57. The van der Waals surface area contributed by atoms with Crippen LogP contribution in [0.4, 0.5) is 0 Å². The normalized spacial score (nSPS) is 14.7. The second-order valence-electron chi connectivity index (χ2n) is 14.2. The van der Waals surface area contributed by atoms with Gasteiger partial charge in [0.05, 0.1) is 0 Å². The molecule has 227 valence electrons. The quantitative estimate of drug-likeness (QED) is 0.354. The average Bonchev–Trinajstić information content (AvgIpc) is 3.34. The molecule has 40 heavy (non-hydrogen) atoms. The van der Waals surface area contributed by atoms with Crippen molar-refractivity contribution < 1.29 is 59.9 Å². The fraction of sp³-hybridized carbons (Fsp3) is 0.688. The molecule has 0 saturated carbocycles. The first-order chi connectivity index (χ1) is 17.0. The van der Waals surface area contributed by atoms with Gasteiger partial charge in [0.2, 0.25) is 16.6 Å². The Hall–Kier alpha value is 0.414. The summed E-state index contributed by atoms with van der Waals surface area (Å²) in [5.41, 5.74) is 6.13. The van der Waals surface area contributed by atoms with Crippen LogP contribution in [-0.2, 0) is 51.9 Å². The third kappa shape index (κ3) is 12.2. The number of aryl methyl sites for hydroxylation is 4. The Labute approximate surface area is 284 Å². The Morgan fingerprint density at radius 2 is 0.900 bits per heavy atom. The minimum absolute atomic E-state index is 0. The topological polar surface area (TPSA) is 18.5 Å². The minimum Gasteiger partial charge on any atom is -1.00 e. The molecule has 2 aromatic rings. The Morgan fingerprint density at radius 1 is 0.625 bits per heavy atom. The number of hydrogen-bond acceptors (Lipinski definition) is 2. The van der Waals surface area contributed by atoms with E-state index < -0.39 is 16.6 Å². The van der Waals surface area contributed by atoms with E-state index >= 15 is 0 Å². The van der Waals surface area contributed by atoms with E-state index in [2.05, 4.69) is 105 Å². The van der Waals surface area contributed by atoms with Gasteiger partial charge in [0.25, 0.3) is 0 Å². The largest absolute Gasteiger partial charge is 4.00 e. The van der Waals surface area contributed by atoms with Gasteiger partial charge in [0.1, 0.15) is 0 Å². The zero-order valence-corrected chi connectivity index (χ0v) is 34.7. The zero-order chi connectivity index (χ0) is 28.1. The molecule has 2 aliphatic rings. The Kier molecular flexibility index (Phi) is 18.8. The molecule has 0 amide bonds. The second-order valence-corrected chi connectivity index (χ2v) is 24.8. The van der Waals surface area contributed by atoms with Crippen molar-refractivity contribution in [2.45, 2.75) is 142 Å². The molecule has 0 saturated heterocycles. The maximum absolute atomic E-state index is 6.36. The summed E-state index contributed by atoms with van der Waals surface area (Å²) in [4.78, 5) is 0. The molecule has 2 aromatic carbocycles. The van der Waals surface area contributed by atoms with Crippen molar-refractivity contribution in [3.63, 3.8) is 0 Å². The first-order valence-corrected chi connectivity index (χ1v) is 22.8. The van der Waals surface area contributed by atoms with Crippen LogP contribution in [0.2, 0.25) is 49.4 Å². The van der Waals surface area contributed by atoms with Gasteiger partial charge in [-0.25, -0.2) is 0 Å². The van der Waals surface area contributed by atoms with Crippen LogP contribution < -0.4 is 33.7 Å². The summed E-state index contributed by atoms with van der Waals surface area (Å²) < 4.78 is 12.7. The minimum atomic E-state index is -1.66. The molecular weight excluding hydrogens is 663 g/mol. The van der Waals surface area contributed by atoms with Gasteiger partial charge in [-0.3, -0.25) is 0 Å². The third-order valence-electron chi connectivity index (χ3n) is 8.73. The van der Waals surface area contributed by atoms with Crippen molar-refractivity contribution in [1.29, 1.82) is 0 Å². The number of rotatable bonds is 4. The van der Waals surface area contributed by atoms with Crippen LogP contribution in [-0.4, -0.2) is 26.2 Å². The van der Waals surface area contributed by atoms with Crippen LogP contribution >= 0.6 is 0 Å². The van der Waals surface area contributed by atoms with Crippen LogP contribution in [0.3, 0.4) is 0 Å². The van der Waals surface area contributed by atoms with E-state index in [0.29, 0.717) is 0 Å². The van der Waals surface area contributed by atoms with Crippen molar-refractivity contribution in [1.82, 2.24) is 0 Å². The van der Waals surface area contributed by atoms with E-state index in [9.17, 15) is 0 Å². The molecule has 2 aliphatic carbocycles. The number of fused-ring (bicyclic) bond motifs is 2. The number of hydrogen-bond donors (Lipinski definition) is 0. The second kappa shape index (κ2) is 17.6. The van der Waals surface area contributed by atoms with Crippen molar-refractivity contribution >= 4 is 26.2 Å². The van der Waals surface area contributed by atoms with E-state index in [1.54, 1.807) is 0 Å². The van der Waals surface area contributed by atoms with Gasteiger partial charge in [-0.05, 0) is 47.8 Å². The SMILES string of the molecule is CC(C)(C)[Si](C)(C)Oc1cc2c([cH-]1)CCCC2.CC(C)(C)[Si](C)(C)Oc1cc2c([cH-]1)CCCC2.C[SiH]C.[Cl-].[Cl-].[Zr+4]. The Bertz CT molecular complexity index is 860. The molecule has 2 nitrogen and oxygen atoms in total. The summed E-state index contributed by atoms with van der Waals surface area (Å²) in [5, 5.41) is 0.565. The molecular formula is C32H57Cl2O2Si3Zr. The third-order valence-corrected chi connectivity index (χ3v) is 17.5. The van der Waals surface area contributed by atoms with Gasteiger partial charge in [-0.1, -0.05) is 106 Å². The molecule has 1 radical (unpaired) electrons. The van der Waals surface area contributed by atoms with Gasteiger partial charge >= 0.3 is 26.2 Å². The number of halogens is 2. The van der Waals surface area contributed by atoms with Crippen molar-refractivity contribution in [2.24, 2.45) is 0 Å². The smallest absolute Gasteiger partial charge is 1.00 e. The molecule has 0 N–H and O–H groups in total. The predicted octanol–water partition coefficient (Wildman–Crippen LogP) is 3.86. The molecule has 0 fully saturated rings. The fourth-order valence-corrected chi connectivity index (χ4v) is 6.37. The molecule has 4 rings (SSSR count).